The van der Waals surface area contributed by atoms with Crippen LogP contribution in [0.15, 0.2) is 11.4 Å². The largest absolute Gasteiger partial charge is 0.371 e. The van der Waals surface area contributed by atoms with Crippen molar-refractivity contribution in [3.63, 3.8) is 0 Å². The first-order chi connectivity index (χ1) is 14.9. The normalized spacial score (nSPS) is 18.8. The van der Waals surface area contributed by atoms with Gasteiger partial charge in [0.05, 0.1) is 5.69 Å². The van der Waals surface area contributed by atoms with Crippen LogP contribution in [0.2, 0.25) is 0 Å². The minimum absolute atomic E-state index is 0.0562. The molecular weight excluding hydrogens is 386 g/mol. The standard InChI is InChI=1S/C25H43N5O/c1-6-10-19(2)22-23(28(3)4)24(31)27-25(26-22)30(17-20-11-8-7-9-12-20)18-21-13-15-29(5)16-14-21/h20-21H,2,6-18H2,1,3-5H3,(H,26,27,31). The van der Waals surface area contributed by atoms with E-state index >= 15 is 0 Å². The van der Waals surface area contributed by atoms with E-state index in [0.717, 1.165) is 56.2 Å². The molecule has 2 aliphatic rings. The van der Waals surface area contributed by atoms with Crippen molar-refractivity contribution >= 4 is 17.2 Å². The lowest BCUT2D eigenvalue weighted by molar-refractivity contribution is 0.219. The van der Waals surface area contributed by atoms with Gasteiger partial charge in [-0.15, -0.1) is 0 Å². The molecule has 2 heterocycles. The number of likely N-dealkylation sites (tertiary alicyclic amines) is 1. The number of aromatic amines is 1. The van der Waals surface area contributed by atoms with Crippen molar-refractivity contribution in [2.75, 3.05) is 57.1 Å². The van der Waals surface area contributed by atoms with Gasteiger partial charge in [0.25, 0.3) is 5.56 Å². The summed E-state index contributed by atoms with van der Waals surface area (Å²) < 4.78 is 0. The number of hydrogen-bond donors (Lipinski definition) is 1. The molecule has 1 aromatic rings. The Morgan fingerprint density at radius 1 is 1.10 bits per heavy atom. The van der Waals surface area contributed by atoms with Crippen LogP contribution in [0.4, 0.5) is 11.6 Å². The van der Waals surface area contributed by atoms with Crippen LogP contribution in [0.1, 0.15) is 70.4 Å². The molecule has 0 bridgehead atoms. The SMILES string of the molecule is C=C(CCC)c1nc(N(CC2CCCCC2)CC2CCN(C)CC2)[nH]c(=O)c1N(C)C. The van der Waals surface area contributed by atoms with E-state index in [-0.39, 0.29) is 5.56 Å². The summed E-state index contributed by atoms with van der Waals surface area (Å²) in [4.78, 5) is 28.0. The quantitative estimate of drug-likeness (QED) is 0.631. The lowest BCUT2D eigenvalue weighted by Gasteiger charge is -2.36. The van der Waals surface area contributed by atoms with Gasteiger partial charge in [0.15, 0.2) is 0 Å². The van der Waals surface area contributed by atoms with E-state index < -0.39 is 0 Å². The number of piperidine rings is 1. The maximum atomic E-state index is 13.1. The van der Waals surface area contributed by atoms with Crippen LogP contribution >= 0.6 is 0 Å². The topological polar surface area (TPSA) is 55.5 Å². The number of nitrogens with zero attached hydrogens (tertiary/aromatic N) is 4. The zero-order chi connectivity index (χ0) is 22.4. The molecule has 1 saturated heterocycles. The Hall–Kier alpha value is -1.82. The van der Waals surface area contributed by atoms with Crippen LogP contribution in [0.25, 0.3) is 5.57 Å². The molecule has 1 N–H and O–H groups in total. The fraction of sp³-hybridized carbons (Fsp3) is 0.760. The molecule has 31 heavy (non-hydrogen) atoms. The Morgan fingerprint density at radius 2 is 1.71 bits per heavy atom. The first-order valence-electron chi connectivity index (χ1n) is 12.3. The van der Waals surface area contributed by atoms with E-state index in [4.69, 9.17) is 4.98 Å². The second kappa shape index (κ2) is 11.2. The smallest absolute Gasteiger partial charge is 0.276 e. The molecule has 6 heteroatoms. The summed E-state index contributed by atoms with van der Waals surface area (Å²) in [6.07, 6.45) is 10.9. The summed E-state index contributed by atoms with van der Waals surface area (Å²) in [5.41, 5.74) is 2.29. The molecule has 1 aliphatic carbocycles. The maximum Gasteiger partial charge on any atom is 0.276 e. The van der Waals surface area contributed by atoms with Crippen molar-refractivity contribution in [3.8, 4) is 0 Å². The van der Waals surface area contributed by atoms with Crippen molar-refractivity contribution in [1.82, 2.24) is 14.9 Å². The predicted octanol–water partition coefficient (Wildman–Crippen LogP) is 4.38. The lowest BCUT2D eigenvalue weighted by atomic mass is 9.88. The van der Waals surface area contributed by atoms with E-state index in [1.165, 1.54) is 44.9 Å². The molecule has 1 aromatic heterocycles. The van der Waals surface area contributed by atoms with Crippen molar-refractivity contribution in [2.45, 2.75) is 64.7 Å². The molecular formula is C25H43N5O. The van der Waals surface area contributed by atoms with Gasteiger partial charge < -0.3 is 14.7 Å². The molecule has 1 aliphatic heterocycles. The monoisotopic (exact) mass is 429 g/mol. The van der Waals surface area contributed by atoms with Crippen LogP contribution in [0, 0.1) is 11.8 Å². The summed E-state index contributed by atoms with van der Waals surface area (Å²) in [5.74, 6) is 2.09. The van der Waals surface area contributed by atoms with Gasteiger partial charge in [0.2, 0.25) is 5.95 Å². The van der Waals surface area contributed by atoms with Crippen LogP contribution in [-0.4, -0.2) is 62.2 Å². The summed E-state index contributed by atoms with van der Waals surface area (Å²) in [6, 6.07) is 0. The van der Waals surface area contributed by atoms with Crippen LogP contribution in [-0.2, 0) is 0 Å². The molecule has 6 nitrogen and oxygen atoms in total. The van der Waals surface area contributed by atoms with Gasteiger partial charge in [0.1, 0.15) is 5.69 Å². The number of rotatable bonds is 9. The van der Waals surface area contributed by atoms with E-state index in [9.17, 15) is 4.79 Å². The Labute approximate surface area is 188 Å². The molecule has 0 amide bonds. The molecule has 3 rings (SSSR count). The number of allylic oxidation sites excluding steroid dienone is 1. The number of hydrogen-bond acceptors (Lipinski definition) is 5. The molecule has 2 fully saturated rings. The highest BCUT2D eigenvalue weighted by Crippen LogP contribution is 2.29. The van der Waals surface area contributed by atoms with Crippen molar-refractivity contribution in [3.05, 3.63) is 22.6 Å². The molecule has 174 valence electrons. The molecule has 0 radical (unpaired) electrons. The second-order valence-corrected chi connectivity index (χ2v) is 9.99. The van der Waals surface area contributed by atoms with Crippen molar-refractivity contribution in [2.24, 2.45) is 11.8 Å². The van der Waals surface area contributed by atoms with Gasteiger partial charge in [-0.2, -0.15) is 0 Å². The van der Waals surface area contributed by atoms with Gasteiger partial charge in [-0.1, -0.05) is 39.2 Å². The van der Waals surface area contributed by atoms with Gasteiger partial charge in [-0.3, -0.25) is 9.78 Å². The summed E-state index contributed by atoms with van der Waals surface area (Å²) in [5, 5.41) is 0. The zero-order valence-corrected chi connectivity index (χ0v) is 20.3. The number of aromatic nitrogens is 2. The highest BCUT2D eigenvalue weighted by Gasteiger charge is 2.26. The summed E-state index contributed by atoms with van der Waals surface area (Å²) in [7, 11) is 6.03. The van der Waals surface area contributed by atoms with Gasteiger partial charge in [0, 0.05) is 27.2 Å². The van der Waals surface area contributed by atoms with Gasteiger partial charge in [-0.05, 0) is 69.7 Å². The molecule has 0 atom stereocenters. The van der Waals surface area contributed by atoms with E-state index in [1.807, 2.05) is 19.0 Å². The third-order valence-electron chi connectivity index (χ3n) is 7.04. The van der Waals surface area contributed by atoms with E-state index in [1.54, 1.807) is 0 Å². The highest BCUT2D eigenvalue weighted by atomic mass is 16.1. The molecule has 0 unspecified atom stereocenters. The van der Waals surface area contributed by atoms with Crippen LogP contribution in [0.5, 0.6) is 0 Å². The number of nitrogens with one attached hydrogen (secondary N) is 1. The van der Waals surface area contributed by atoms with Gasteiger partial charge >= 0.3 is 0 Å². The van der Waals surface area contributed by atoms with Gasteiger partial charge in [-0.25, -0.2) is 4.98 Å². The Morgan fingerprint density at radius 3 is 2.29 bits per heavy atom. The summed E-state index contributed by atoms with van der Waals surface area (Å²) in [6.45, 7) is 10.7. The van der Waals surface area contributed by atoms with E-state index in [2.05, 4.69) is 35.3 Å². The first kappa shape index (κ1) is 23.8. The predicted molar refractivity (Wildman–Crippen MR) is 132 cm³/mol. The molecule has 1 saturated carbocycles. The lowest BCUT2D eigenvalue weighted by Crippen LogP contribution is -2.41. The minimum Gasteiger partial charge on any atom is -0.371 e. The van der Waals surface area contributed by atoms with Crippen LogP contribution < -0.4 is 15.4 Å². The maximum absolute atomic E-state index is 13.1. The first-order valence-corrected chi connectivity index (χ1v) is 12.3. The van der Waals surface area contributed by atoms with E-state index in [0.29, 0.717) is 17.5 Å². The fourth-order valence-electron chi connectivity index (χ4n) is 5.17. The Bertz CT molecular complexity index is 773. The van der Waals surface area contributed by atoms with Crippen LogP contribution in [0.3, 0.4) is 0 Å². The highest BCUT2D eigenvalue weighted by molar-refractivity contribution is 5.72. The number of H-pyrrole nitrogens is 1. The molecule has 0 aromatic carbocycles. The average Bonchev–Trinajstić information content (AvgIpc) is 2.75. The number of anilines is 2. The second-order valence-electron chi connectivity index (χ2n) is 9.99. The third-order valence-corrected chi connectivity index (χ3v) is 7.04. The third kappa shape index (κ3) is 6.34. The van der Waals surface area contributed by atoms with Crippen molar-refractivity contribution in [1.29, 1.82) is 0 Å². The van der Waals surface area contributed by atoms with Crippen molar-refractivity contribution < 1.29 is 0 Å². The molecule has 0 spiro atoms. The fourth-order valence-corrected chi connectivity index (χ4v) is 5.17. The minimum atomic E-state index is -0.0562. The Balaban J connectivity index is 1.92. The Kier molecular flexibility index (Phi) is 8.58. The zero-order valence-electron chi connectivity index (χ0n) is 20.3. The summed E-state index contributed by atoms with van der Waals surface area (Å²) >= 11 is 0. The average molecular weight is 430 g/mol.